The van der Waals surface area contributed by atoms with Gasteiger partial charge in [0.2, 0.25) is 17.7 Å². The first kappa shape index (κ1) is 17.2. The Morgan fingerprint density at radius 2 is 2.17 bits per heavy atom. The van der Waals surface area contributed by atoms with Crippen molar-refractivity contribution < 1.29 is 10.9 Å². The molecule has 10 heteroatoms. The van der Waals surface area contributed by atoms with Crippen LogP contribution in [0.3, 0.4) is 0 Å². The number of nitrogens with zero attached hydrogens (tertiary/aromatic N) is 6. The zero-order valence-corrected chi connectivity index (χ0v) is 16.9. The van der Waals surface area contributed by atoms with Crippen molar-refractivity contribution in [3.8, 4) is 17.0 Å². The summed E-state index contributed by atoms with van der Waals surface area (Å²) in [6.45, 7) is 3.54. The van der Waals surface area contributed by atoms with Gasteiger partial charge >= 0.3 is 0 Å². The molecule has 1 fully saturated rings. The van der Waals surface area contributed by atoms with E-state index >= 15 is 0 Å². The van der Waals surface area contributed by atoms with E-state index in [1.165, 1.54) is 17.8 Å². The Balaban J connectivity index is 1.48. The summed E-state index contributed by atoms with van der Waals surface area (Å²) in [5.74, 6) is 0.707. The lowest BCUT2D eigenvalue weighted by Gasteiger charge is -2.45. The molecule has 2 N–H and O–H groups in total. The normalized spacial score (nSPS) is 21.3. The summed E-state index contributed by atoms with van der Waals surface area (Å²) in [5.41, 5.74) is 2.74. The van der Waals surface area contributed by atoms with Crippen molar-refractivity contribution in [3.63, 3.8) is 0 Å². The Hall–Kier alpha value is -3.69. The van der Waals surface area contributed by atoms with Crippen molar-refractivity contribution in [3.05, 3.63) is 36.9 Å². The number of hydrogen-bond acceptors (Lipinski definition) is 7. The minimum absolute atomic E-state index is 0.0388. The predicted molar refractivity (Wildman–Crippen MR) is 110 cm³/mol. The van der Waals surface area contributed by atoms with Gasteiger partial charge in [0.1, 0.15) is 11.8 Å². The Bertz CT molecular complexity index is 1310. The third-order valence-electron chi connectivity index (χ3n) is 5.39. The van der Waals surface area contributed by atoms with Gasteiger partial charge in [0.15, 0.2) is 5.65 Å². The molecule has 4 aromatic rings. The number of ether oxygens (including phenoxy) is 1. The van der Waals surface area contributed by atoms with Crippen LogP contribution in [-0.4, -0.2) is 53.8 Å². The van der Waals surface area contributed by atoms with Crippen molar-refractivity contribution in [1.29, 1.82) is 0 Å². The summed E-state index contributed by atoms with van der Waals surface area (Å²) < 4.78 is 17.2. The number of rotatable bonds is 5. The first-order chi connectivity index (χ1) is 14.8. The summed E-state index contributed by atoms with van der Waals surface area (Å²) in [5, 5.41) is 15.0. The third-order valence-corrected chi connectivity index (χ3v) is 5.39. The molecule has 1 aliphatic carbocycles. The van der Waals surface area contributed by atoms with Gasteiger partial charge in [-0.1, -0.05) is 0 Å². The second-order valence-electron chi connectivity index (χ2n) is 7.86. The quantitative estimate of drug-likeness (QED) is 0.520. The largest absolute Gasteiger partial charge is 0.479 e. The van der Waals surface area contributed by atoms with Gasteiger partial charge in [-0.25, -0.2) is 14.0 Å². The van der Waals surface area contributed by atoms with Crippen LogP contribution in [0.5, 0.6) is 5.88 Å². The summed E-state index contributed by atoms with van der Waals surface area (Å²) in [6.07, 6.45) is 5.08. The van der Waals surface area contributed by atoms with E-state index in [9.17, 15) is 4.79 Å². The van der Waals surface area contributed by atoms with Crippen LogP contribution in [0.25, 0.3) is 22.3 Å². The van der Waals surface area contributed by atoms with E-state index in [0.29, 0.717) is 17.3 Å². The molecule has 0 aromatic carbocycles. The van der Waals surface area contributed by atoms with Crippen LogP contribution in [0, 0.1) is 0 Å². The number of carbonyl (C=O) groups excluding carboxylic acids is 1. The van der Waals surface area contributed by atoms with Crippen molar-refractivity contribution >= 4 is 23.0 Å². The van der Waals surface area contributed by atoms with Gasteiger partial charge in [-0.05, 0) is 38.0 Å². The van der Waals surface area contributed by atoms with Crippen LogP contribution < -0.4 is 15.4 Å². The molecule has 0 saturated heterocycles. The number of carbonyl (C=O) groups is 1. The van der Waals surface area contributed by atoms with E-state index in [-0.39, 0.29) is 23.7 Å². The highest BCUT2D eigenvalue weighted by molar-refractivity contribution is 5.84. The number of nitrogens with one attached hydrogen (secondary N) is 2. The van der Waals surface area contributed by atoms with Gasteiger partial charge in [-0.3, -0.25) is 4.79 Å². The van der Waals surface area contributed by atoms with Crippen molar-refractivity contribution in [2.75, 3.05) is 12.4 Å². The number of aromatic nitrogens is 6. The third kappa shape index (κ3) is 3.10. The van der Waals surface area contributed by atoms with Gasteiger partial charge in [-0.15, -0.1) is 5.10 Å². The molecule has 0 unspecified atom stereocenters. The number of pyridine rings is 1. The maximum Gasteiger partial charge on any atom is 0.244 e. The lowest BCUT2D eigenvalue weighted by Crippen LogP contribution is -2.59. The average molecular weight is 407 g/mol. The van der Waals surface area contributed by atoms with Gasteiger partial charge in [0, 0.05) is 42.0 Å². The summed E-state index contributed by atoms with van der Waals surface area (Å²) in [6, 6.07) is 5.63. The van der Waals surface area contributed by atoms with E-state index in [4.69, 9.17) is 6.11 Å². The van der Waals surface area contributed by atoms with E-state index in [2.05, 4.69) is 30.8 Å². The Morgan fingerprint density at radius 3 is 2.93 bits per heavy atom. The van der Waals surface area contributed by atoms with Crippen LogP contribution in [0.15, 0.2) is 36.9 Å². The van der Waals surface area contributed by atoms with Crippen LogP contribution in [0.2, 0.25) is 0 Å². The molecular formula is C20H22N8O2. The maximum absolute atomic E-state index is 11.4. The molecule has 154 valence electrons. The smallest absolute Gasteiger partial charge is 0.244 e. The molecule has 1 saturated carbocycles. The molecular weight excluding hydrogens is 384 g/mol. The van der Waals surface area contributed by atoms with Gasteiger partial charge < -0.3 is 15.4 Å². The summed E-state index contributed by atoms with van der Waals surface area (Å²) >= 11 is 0. The van der Waals surface area contributed by atoms with Crippen LogP contribution in [-0.2, 0) is 4.79 Å². The highest BCUT2D eigenvalue weighted by Gasteiger charge is 2.41. The summed E-state index contributed by atoms with van der Waals surface area (Å²) in [7, 11) is 1.55. The molecule has 0 spiro atoms. The molecule has 5 rings (SSSR count). The number of hydrogen-bond donors (Lipinski definition) is 2. The van der Waals surface area contributed by atoms with E-state index in [1.807, 2.05) is 25.3 Å². The van der Waals surface area contributed by atoms with Crippen LogP contribution >= 0.6 is 0 Å². The zero-order chi connectivity index (χ0) is 21.8. The highest BCUT2D eigenvalue weighted by atomic mass is 16.5. The Labute approximate surface area is 173 Å². The molecule has 10 nitrogen and oxygen atoms in total. The first-order valence-corrected chi connectivity index (χ1v) is 9.65. The van der Waals surface area contributed by atoms with Crippen molar-refractivity contribution in [2.45, 2.75) is 38.3 Å². The van der Waals surface area contributed by atoms with E-state index in [0.717, 1.165) is 29.6 Å². The maximum atomic E-state index is 11.4. The van der Waals surface area contributed by atoms with Gasteiger partial charge in [0.05, 0.1) is 8.48 Å². The minimum atomic E-state index is -0.223. The summed E-state index contributed by atoms with van der Waals surface area (Å²) in [4.78, 5) is 20.0. The second-order valence-corrected chi connectivity index (χ2v) is 7.86. The topological polar surface area (TPSA) is 111 Å². The SMILES string of the molecule is [2H]c1cc(-c2ccc3ncnn3c2)c2c(OC)nc(NC3CC(C)(NC(C)=O)C3)nn12. The molecule has 0 aliphatic heterocycles. The molecule has 4 heterocycles. The predicted octanol–water partition coefficient (Wildman–Crippen LogP) is 1.92. The van der Waals surface area contributed by atoms with Crippen LogP contribution in [0.1, 0.15) is 28.1 Å². The minimum Gasteiger partial charge on any atom is -0.479 e. The highest BCUT2D eigenvalue weighted by Crippen LogP contribution is 2.35. The second kappa shape index (κ2) is 6.68. The number of anilines is 1. The molecule has 30 heavy (non-hydrogen) atoms. The molecule has 4 aromatic heterocycles. The molecule has 1 aliphatic rings. The average Bonchev–Trinajstić information content (AvgIpc) is 3.29. The number of amides is 1. The zero-order valence-electron chi connectivity index (χ0n) is 17.9. The Morgan fingerprint density at radius 1 is 1.33 bits per heavy atom. The lowest BCUT2D eigenvalue weighted by atomic mass is 9.74. The fourth-order valence-corrected chi connectivity index (χ4v) is 4.16. The number of methoxy groups -OCH3 is 1. The van der Waals surface area contributed by atoms with E-state index in [1.54, 1.807) is 17.7 Å². The molecule has 0 radical (unpaired) electrons. The fourth-order valence-electron chi connectivity index (χ4n) is 4.16. The molecule has 1 amide bonds. The molecule has 0 atom stereocenters. The van der Waals surface area contributed by atoms with Gasteiger partial charge in [-0.2, -0.15) is 10.1 Å². The lowest BCUT2D eigenvalue weighted by molar-refractivity contribution is -0.121. The first-order valence-electron chi connectivity index (χ1n) is 10.1. The molecule has 0 bridgehead atoms. The van der Waals surface area contributed by atoms with E-state index < -0.39 is 0 Å². The standard InChI is InChI=1S/C20H22N8O2/c1-12(29)25-20(2)8-14(9-20)23-19-24-18(30-3)17-15(6-7-27(17)26-19)13-4-5-16-21-11-22-28(16)10-13/h4-7,10-11,14H,8-9H2,1-3H3,(H,23,26)(H,25,29)/i7D. The van der Waals surface area contributed by atoms with Gasteiger partial charge in [0.25, 0.3) is 0 Å². The van der Waals surface area contributed by atoms with Crippen LogP contribution in [0.4, 0.5) is 5.95 Å². The van der Waals surface area contributed by atoms with Crippen molar-refractivity contribution in [2.24, 2.45) is 0 Å². The Kier molecular flexibility index (Phi) is 3.83. The monoisotopic (exact) mass is 407 g/mol. The fraction of sp³-hybridized carbons (Fsp3) is 0.350. The van der Waals surface area contributed by atoms with Crippen molar-refractivity contribution in [1.82, 2.24) is 34.5 Å². The number of fused-ring (bicyclic) bond motifs is 2.